The molecule has 1 aliphatic rings. The molecule has 0 aromatic heterocycles. The highest BCUT2D eigenvalue weighted by Gasteiger charge is 2.33. The van der Waals surface area contributed by atoms with Crippen LogP contribution in [0.3, 0.4) is 0 Å². The molecule has 1 N–H and O–H groups in total. The smallest absolute Gasteiger partial charge is 0.251 e. The SMILES string of the molecule is CCC(C)(C)NC(=O)c1ccc2c(c1)CC(C)N2S(C)(=O)=O. The van der Waals surface area contributed by atoms with Gasteiger partial charge >= 0.3 is 0 Å². The van der Waals surface area contributed by atoms with E-state index in [-0.39, 0.29) is 17.5 Å². The second-order valence-corrected chi connectivity index (χ2v) is 8.51. The summed E-state index contributed by atoms with van der Waals surface area (Å²) in [6.07, 6.45) is 2.67. The van der Waals surface area contributed by atoms with E-state index in [1.807, 2.05) is 27.7 Å². The molecule has 0 spiro atoms. The first-order chi connectivity index (χ1) is 10.0. The molecule has 1 unspecified atom stereocenters. The van der Waals surface area contributed by atoms with Crippen LogP contribution in [-0.4, -0.2) is 32.2 Å². The zero-order valence-electron chi connectivity index (χ0n) is 13.8. The maximum Gasteiger partial charge on any atom is 0.251 e. The second kappa shape index (κ2) is 5.57. The van der Waals surface area contributed by atoms with Gasteiger partial charge in [0.1, 0.15) is 0 Å². The molecule has 6 heteroatoms. The lowest BCUT2D eigenvalue weighted by Crippen LogP contribution is -2.42. The number of nitrogens with one attached hydrogen (secondary N) is 1. The van der Waals surface area contributed by atoms with Gasteiger partial charge in [-0.1, -0.05) is 6.92 Å². The summed E-state index contributed by atoms with van der Waals surface area (Å²) in [5.41, 5.74) is 1.89. The fraction of sp³-hybridized carbons (Fsp3) is 0.562. The van der Waals surface area contributed by atoms with Crippen LogP contribution >= 0.6 is 0 Å². The summed E-state index contributed by atoms with van der Waals surface area (Å²) in [6.45, 7) is 7.85. The number of benzene rings is 1. The molecule has 1 aromatic carbocycles. The summed E-state index contributed by atoms with van der Waals surface area (Å²) in [5.74, 6) is -0.125. The third-order valence-corrected chi connectivity index (χ3v) is 5.46. The van der Waals surface area contributed by atoms with Crippen LogP contribution in [0.15, 0.2) is 18.2 Å². The Hall–Kier alpha value is -1.56. The lowest BCUT2D eigenvalue weighted by atomic mass is 10.0. The first-order valence-corrected chi connectivity index (χ1v) is 9.35. The van der Waals surface area contributed by atoms with Crippen molar-refractivity contribution in [3.8, 4) is 0 Å². The maximum absolute atomic E-state index is 12.3. The van der Waals surface area contributed by atoms with E-state index in [0.717, 1.165) is 12.0 Å². The van der Waals surface area contributed by atoms with Crippen LogP contribution in [0.1, 0.15) is 50.0 Å². The monoisotopic (exact) mass is 324 g/mol. The zero-order chi connectivity index (χ0) is 16.7. The number of anilines is 1. The number of rotatable bonds is 4. The fourth-order valence-corrected chi connectivity index (χ4v) is 3.98. The predicted octanol–water partition coefficient (Wildman–Crippen LogP) is 2.32. The number of carbonyl (C=O) groups excluding carboxylic acids is 1. The van der Waals surface area contributed by atoms with E-state index in [4.69, 9.17) is 0 Å². The Kier molecular flexibility index (Phi) is 4.26. The van der Waals surface area contributed by atoms with Gasteiger partial charge in [-0.2, -0.15) is 0 Å². The van der Waals surface area contributed by atoms with Crippen LogP contribution < -0.4 is 9.62 Å². The van der Waals surface area contributed by atoms with Gasteiger partial charge < -0.3 is 5.32 Å². The molecule has 5 nitrogen and oxygen atoms in total. The van der Waals surface area contributed by atoms with Crippen molar-refractivity contribution in [2.45, 2.75) is 52.1 Å². The van der Waals surface area contributed by atoms with Gasteiger partial charge in [0, 0.05) is 17.1 Å². The Morgan fingerprint density at radius 3 is 2.59 bits per heavy atom. The second-order valence-electron chi connectivity index (χ2n) is 6.65. The quantitative estimate of drug-likeness (QED) is 0.924. The van der Waals surface area contributed by atoms with Gasteiger partial charge in [-0.05, 0) is 57.4 Å². The van der Waals surface area contributed by atoms with Gasteiger partial charge in [0.2, 0.25) is 10.0 Å². The van der Waals surface area contributed by atoms with Gasteiger partial charge in [0.05, 0.1) is 11.9 Å². The van der Waals surface area contributed by atoms with Crippen LogP contribution in [0.4, 0.5) is 5.69 Å². The van der Waals surface area contributed by atoms with Crippen LogP contribution in [0, 0.1) is 0 Å². The average Bonchev–Trinajstić information content (AvgIpc) is 2.72. The number of amides is 1. The minimum Gasteiger partial charge on any atom is -0.347 e. The molecule has 0 bridgehead atoms. The third-order valence-electron chi connectivity index (χ3n) is 4.19. The summed E-state index contributed by atoms with van der Waals surface area (Å²) in [7, 11) is -3.30. The van der Waals surface area contributed by atoms with Crippen molar-refractivity contribution < 1.29 is 13.2 Å². The zero-order valence-corrected chi connectivity index (χ0v) is 14.6. The van der Waals surface area contributed by atoms with E-state index in [0.29, 0.717) is 17.7 Å². The van der Waals surface area contributed by atoms with Crippen molar-refractivity contribution in [1.29, 1.82) is 0 Å². The molecule has 0 saturated carbocycles. The molecule has 1 amide bonds. The highest BCUT2D eigenvalue weighted by atomic mass is 32.2. The van der Waals surface area contributed by atoms with E-state index in [2.05, 4.69) is 5.32 Å². The van der Waals surface area contributed by atoms with Crippen molar-refractivity contribution in [1.82, 2.24) is 5.32 Å². The van der Waals surface area contributed by atoms with Crippen molar-refractivity contribution >= 4 is 21.6 Å². The Morgan fingerprint density at radius 1 is 1.41 bits per heavy atom. The number of nitrogens with zero attached hydrogens (tertiary/aromatic N) is 1. The molecule has 1 aliphatic heterocycles. The maximum atomic E-state index is 12.3. The highest BCUT2D eigenvalue weighted by Crippen LogP contribution is 2.34. The summed E-state index contributed by atoms with van der Waals surface area (Å²) in [4.78, 5) is 12.3. The van der Waals surface area contributed by atoms with Gasteiger partial charge in [0.25, 0.3) is 5.91 Å². The number of hydrogen-bond donors (Lipinski definition) is 1. The Bertz CT molecular complexity index is 695. The van der Waals surface area contributed by atoms with Gasteiger partial charge in [0.15, 0.2) is 0 Å². The topological polar surface area (TPSA) is 66.5 Å². The van der Waals surface area contributed by atoms with E-state index in [1.54, 1.807) is 18.2 Å². The van der Waals surface area contributed by atoms with Crippen LogP contribution in [-0.2, 0) is 16.4 Å². The summed E-state index contributed by atoms with van der Waals surface area (Å²) in [6, 6.07) is 5.11. The largest absolute Gasteiger partial charge is 0.347 e. The molecule has 0 saturated heterocycles. The number of hydrogen-bond acceptors (Lipinski definition) is 3. The van der Waals surface area contributed by atoms with Crippen LogP contribution in [0.5, 0.6) is 0 Å². The molecular formula is C16H24N2O3S. The molecule has 0 radical (unpaired) electrons. The predicted molar refractivity (Wildman–Crippen MR) is 88.8 cm³/mol. The van der Waals surface area contributed by atoms with Gasteiger partial charge in [-0.25, -0.2) is 8.42 Å². The minimum atomic E-state index is -3.30. The normalized spacial score (nSPS) is 18.2. The van der Waals surface area contributed by atoms with E-state index in [1.165, 1.54) is 10.6 Å². The molecule has 1 atom stereocenters. The molecule has 2 rings (SSSR count). The Morgan fingerprint density at radius 2 is 2.05 bits per heavy atom. The van der Waals surface area contributed by atoms with Crippen molar-refractivity contribution in [2.75, 3.05) is 10.6 Å². The van der Waals surface area contributed by atoms with E-state index >= 15 is 0 Å². The van der Waals surface area contributed by atoms with Crippen molar-refractivity contribution in [3.05, 3.63) is 29.3 Å². The number of sulfonamides is 1. The van der Waals surface area contributed by atoms with Crippen molar-refractivity contribution in [3.63, 3.8) is 0 Å². The molecule has 1 aromatic rings. The average molecular weight is 324 g/mol. The summed E-state index contributed by atoms with van der Waals surface area (Å²) < 4.78 is 25.2. The highest BCUT2D eigenvalue weighted by molar-refractivity contribution is 7.92. The first kappa shape index (κ1) is 16.8. The molecule has 1 heterocycles. The Balaban J connectivity index is 2.32. The van der Waals surface area contributed by atoms with Crippen LogP contribution in [0.25, 0.3) is 0 Å². The molecule has 122 valence electrons. The van der Waals surface area contributed by atoms with E-state index < -0.39 is 10.0 Å². The standard InChI is InChI=1S/C16H24N2O3S/c1-6-16(3,4)17-15(19)12-7-8-14-13(10-12)9-11(2)18(14)22(5,20)21/h7-8,10-11H,6,9H2,1-5H3,(H,17,19). The lowest BCUT2D eigenvalue weighted by molar-refractivity contribution is 0.0911. The van der Waals surface area contributed by atoms with Gasteiger partial charge in [-0.3, -0.25) is 9.10 Å². The van der Waals surface area contributed by atoms with Crippen molar-refractivity contribution in [2.24, 2.45) is 0 Å². The third kappa shape index (κ3) is 3.27. The van der Waals surface area contributed by atoms with Gasteiger partial charge in [-0.15, -0.1) is 0 Å². The number of fused-ring (bicyclic) bond motifs is 1. The number of carbonyl (C=O) groups is 1. The molecular weight excluding hydrogens is 300 g/mol. The summed E-state index contributed by atoms with van der Waals surface area (Å²) >= 11 is 0. The minimum absolute atomic E-state index is 0.115. The Labute approximate surface area is 132 Å². The first-order valence-electron chi connectivity index (χ1n) is 7.50. The molecule has 0 aliphatic carbocycles. The molecule has 0 fully saturated rings. The summed E-state index contributed by atoms with van der Waals surface area (Å²) in [5, 5.41) is 3.00. The lowest BCUT2D eigenvalue weighted by Gasteiger charge is -2.25. The fourth-order valence-electron chi connectivity index (χ4n) is 2.72. The van der Waals surface area contributed by atoms with E-state index in [9.17, 15) is 13.2 Å². The van der Waals surface area contributed by atoms with Crippen LogP contribution in [0.2, 0.25) is 0 Å². The molecule has 22 heavy (non-hydrogen) atoms.